The average Bonchev–Trinajstić information content (AvgIpc) is 2.59. The second-order valence-corrected chi connectivity index (χ2v) is 6.35. The van der Waals surface area contributed by atoms with Crippen molar-refractivity contribution in [2.75, 3.05) is 22.6 Å². The van der Waals surface area contributed by atoms with Gasteiger partial charge in [0.15, 0.2) is 0 Å². The van der Waals surface area contributed by atoms with Crippen LogP contribution in [0.15, 0.2) is 36.4 Å². The number of aryl methyl sites for hydroxylation is 2. The summed E-state index contributed by atoms with van der Waals surface area (Å²) in [6.45, 7) is 6.41. The standard InChI is InChI=1S/C20H23N3O3/c1-4-26-18-8-6-5-7-14(18)22-19(24)11-17-20(25)23-16-10-13(3)12(2)9-15(16)21-17/h5-10,17,21H,4,11H2,1-3H3,(H,22,24)(H,23,25)/t17-/m0/s1. The molecule has 0 aliphatic carbocycles. The maximum Gasteiger partial charge on any atom is 0.247 e. The van der Waals surface area contributed by atoms with E-state index >= 15 is 0 Å². The van der Waals surface area contributed by atoms with Gasteiger partial charge in [-0.05, 0) is 56.2 Å². The van der Waals surface area contributed by atoms with Crippen LogP contribution in [0, 0.1) is 13.8 Å². The van der Waals surface area contributed by atoms with Crippen LogP contribution in [0.5, 0.6) is 5.75 Å². The molecule has 0 unspecified atom stereocenters. The molecule has 1 aliphatic rings. The van der Waals surface area contributed by atoms with E-state index in [1.165, 1.54) is 0 Å². The zero-order valence-corrected chi connectivity index (χ0v) is 15.2. The number of anilines is 3. The molecule has 26 heavy (non-hydrogen) atoms. The van der Waals surface area contributed by atoms with Crippen LogP contribution in [-0.2, 0) is 9.59 Å². The third-order valence-corrected chi connectivity index (χ3v) is 4.39. The summed E-state index contributed by atoms with van der Waals surface area (Å²) >= 11 is 0. The number of rotatable bonds is 5. The van der Waals surface area contributed by atoms with Gasteiger partial charge >= 0.3 is 0 Å². The third-order valence-electron chi connectivity index (χ3n) is 4.39. The molecule has 0 bridgehead atoms. The number of hydrogen-bond acceptors (Lipinski definition) is 4. The van der Waals surface area contributed by atoms with E-state index in [2.05, 4.69) is 16.0 Å². The Bertz CT molecular complexity index is 848. The first-order valence-electron chi connectivity index (χ1n) is 8.68. The Kier molecular flexibility index (Phi) is 5.11. The first-order chi connectivity index (χ1) is 12.5. The van der Waals surface area contributed by atoms with Crippen molar-refractivity contribution in [3.05, 3.63) is 47.5 Å². The highest BCUT2D eigenvalue weighted by molar-refractivity contribution is 6.06. The molecule has 1 aliphatic heterocycles. The molecule has 2 aromatic carbocycles. The summed E-state index contributed by atoms with van der Waals surface area (Å²) in [5.41, 5.74) is 4.41. The number of amides is 2. The van der Waals surface area contributed by atoms with E-state index in [1.807, 2.05) is 45.0 Å². The van der Waals surface area contributed by atoms with Crippen molar-refractivity contribution < 1.29 is 14.3 Å². The highest BCUT2D eigenvalue weighted by Gasteiger charge is 2.28. The predicted molar refractivity (Wildman–Crippen MR) is 103 cm³/mol. The fraction of sp³-hybridized carbons (Fsp3) is 0.300. The van der Waals surface area contributed by atoms with Crippen LogP contribution in [0.3, 0.4) is 0 Å². The van der Waals surface area contributed by atoms with Gasteiger partial charge in [-0.1, -0.05) is 12.1 Å². The van der Waals surface area contributed by atoms with E-state index in [4.69, 9.17) is 4.74 Å². The van der Waals surface area contributed by atoms with E-state index in [-0.39, 0.29) is 18.2 Å². The zero-order valence-electron chi connectivity index (χ0n) is 15.2. The second-order valence-electron chi connectivity index (χ2n) is 6.35. The predicted octanol–water partition coefficient (Wildman–Crippen LogP) is 3.46. The number of carbonyl (C=O) groups is 2. The first-order valence-corrected chi connectivity index (χ1v) is 8.68. The lowest BCUT2D eigenvalue weighted by Crippen LogP contribution is -2.41. The molecule has 6 nitrogen and oxygen atoms in total. The maximum absolute atomic E-state index is 12.4. The molecule has 1 atom stereocenters. The van der Waals surface area contributed by atoms with Gasteiger partial charge in [0.1, 0.15) is 11.8 Å². The second kappa shape index (κ2) is 7.47. The van der Waals surface area contributed by atoms with Gasteiger partial charge in [-0.15, -0.1) is 0 Å². The summed E-state index contributed by atoms with van der Waals surface area (Å²) in [7, 11) is 0. The largest absolute Gasteiger partial charge is 0.492 e. The van der Waals surface area contributed by atoms with E-state index in [0.29, 0.717) is 18.0 Å². The Labute approximate surface area is 152 Å². The van der Waals surface area contributed by atoms with E-state index in [1.54, 1.807) is 12.1 Å². The third kappa shape index (κ3) is 3.79. The number of carbonyl (C=O) groups excluding carboxylic acids is 2. The van der Waals surface area contributed by atoms with Crippen molar-refractivity contribution in [3.8, 4) is 5.75 Å². The molecule has 0 saturated carbocycles. The Balaban J connectivity index is 1.70. The van der Waals surface area contributed by atoms with Gasteiger partial charge < -0.3 is 20.7 Å². The summed E-state index contributed by atoms with van der Waals surface area (Å²) in [5, 5.41) is 8.86. The van der Waals surface area contributed by atoms with Gasteiger partial charge in [0.25, 0.3) is 0 Å². The Morgan fingerprint density at radius 3 is 2.58 bits per heavy atom. The molecule has 0 saturated heterocycles. The SMILES string of the molecule is CCOc1ccccc1NC(=O)C[C@@H]1Nc2cc(C)c(C)cc2NC1=O. The van der Waals surface area contributed by atoms with Crippen molar-refractivity contribution in [1.29, 1.82) is 0 Å². The Hall–Kier alpha value is -3.02. The molecule has 1 heterocycles. The van der Waals surface area contributed by atoms with Gasteiger partial charge in [-0.25, -0.2) is 0 Å². The summed E-state index contributed by atoms with van der Waals surface area (Å²) in [6.07, 6.45) is 0.0264. The molecular formula is C20H23N3O3. The van der Waals surface area contributed by atoms with Gasteiger partial charge in [0, 0.05) is 0 Å². The summed E-state index contributed by atoms with van der Waals surface area (Å²) in [6, 6.07) is 10.5. The lowest BCUT2D eigenvalue weighted by atomic mass is 10.0. The fourth-order valence-corrected chi connectivity index (χ4v) is 2.89. The first kappa shape index (κ1) is 17.8. The lowest BCUT2D eigenvalue weighted by Gasteiger charge is -2.27. The maximum atomic E-state index is 12.4. The number of para-hydroxylation sites is 2. The van der Waals surface area contributed by atoms with Crippen LogP contribution < -0.4 is 20.7 Å². The fourth-order valence-electron chi connectivity index (χ4n) is 2.89. The lowest BCUT2D eigenvalue weighted by molar-refractivity contribution is -0.122. The van der Waals surface area contributed by atoms with Crippen LogP contribution in [-0.4, -0.2) is 24.5 Å². The molecule has 6 heteroatoms. The number of benzene rings is 2. The zero-order chi connectivity index (χ0) is 18.7. The van der Waals surface area contributed by atoms with Crippen LogP contribution in [0.4, 0.5) is 17.1 Å². The molecule has 2 aromatic rings. The molecule has 2 amide bonds. The van der Waals surface area contributed by atoms with Crippen molar-refractivity contribution in [2.24, 2.45) is 0 Å². The molecular weight excluding hydrogens is 330 g/mol. The van der Waals surface area contributed by atoms with Gasteiger partial charge in [0.2, 0.25) is 11.8 Å². The molecule has 0 aromatic heterocycles. The van der Waals surface area contributed by atoms with Gasteiger partial charge in [-0.2, -0.15) is 0 Å². The van der Waals surface area contributed by atoms with Gasteiger partial charge in [-0.3, -0.25) is 9.59 Å². The van der Waals surface area contributed by atoms with Crippen LogP contribution >= 0.6 is 0 Å². The minimum absolute atomic E-state index is 0.0264. The van der Waals surface area contributed by atoms with Crippen molar-refractivity contribution in [2.45, 2.75) is 33.2 Å². The van der Waals surface area contributed by atoms with Crippen LogP contribution in [0.1, 0.15) is 24.5 Å². The number of ether oxygens (including phenoxy) is 1. The summed E-state index contributed by atoms with van der Waals surface area (Å²) in [5.74, 6) is 0.145. The summed E-state index contributed by atoms with van der Waals surface area (Å²) < 4.78 is 5.51. The minimum Gasteiger partial charge on any atom is -0.492 e. The molecule has 136 valence electrons. The topological polar surface area (TPSA) is 79.5 Å². The molecule has 3 rings (SSSR count). The van der Waals surface area contributed by atoms with E-state index < -0.39 is 6.04 Å². The van der Waals surface area contributed by atoms with Crippen molar-refractivity contribution in [1.82, 2.24) is 0 Å². The quantitative estimate of drug-likeness (QED) is 0.769. The Morgan fingerprint density at radius 2 is 1.85 bits per heavy atom. The number of fused-ring (bicyclic) bond motifs is 1. The molecule has 0 radical (unpaired) electrons. The van der Waals surface area contributed by atoms with Crippen LogP contribution in [0.2, 0.25) is 0 Å². The highest BCUT2D eigenvalue weighted by atomic mass is 16.5. The van der Waals surface area contributed by atoms with Gasteiger partial charge in [0.05, 0.1) is 30.1 Å². The van der Waals surface area contributed by atoms with Crippen molar-refractivity contribution >= 4 is 28.9 Å². The smallest absolute Gasteiger partial charge is 0.247 e. The normalized spacial score (nSPS) is 15.5. The average molecular weight is 353 g/mol. The highest BCUT2D eigenvalue weighted by Crippen LogP contribution is 2.31. The number of nitrogens with one attached hydrogen (secondary N) is 3. The molecule has 0 spiro atoms. The van der Waals surface area contributed by atoms with Crippen molar-refractivity contribution in [3.63, 3.8) is 0 Å². The molecule has 0 fully saturated rings. The molecule has 3 N–H and O–H groups in total. The Morgan fingerprint density at radius 1 is 1.15 bits per heavy atom. The number of hydrogen-bond donors (Lipinski definition) is 3. The minimum atomic E-state index is -0.621. The monoisotopic (exact) mass is 353 g/mol. The van der Waals surface area contributed by atoms with E-state index in [9.17, 15) is 9.59 Å². The van der Waals surface area contributed by atoms with Crippen LogP contribution in [0.25, 0.3) is 0 Å². The summed E-state index contributed by atoms with van der Waals surface area (Å²) in [4.78, 5) is 24.8. The van der Waals surface area contributed by atoms with E-state index in [0.717, 1.165) is 22.5 Å².